The standard InChI is InChI=1S/C20H29N3/c1-4-16-17(5-2)20(18-12-11-14(3)22-18)23-19(16)13-21-15-9-7-6-8-10-15/h11-13,15,22-23H,4-10H2,1-3H3. The second kappa shape index (κ2) is 7.20. The number of aryl methyl sites for hydroxylation is 1. The molecule has 2 aromatic heterocycles. The van der Waals surface area contributed by atoms with Gasteiger partial charge in [0.2, 0.25) is 0 Å². The van der Waals surface area contributed by atoms with Crippen molar-refractivity contribution in [3.8, 4) is 11.4 Å². The van der Waals surface area contributed by atoms with Crippen LogP contribution in [0.4, 0.5) is 0 Å². The van der Waals surface area contributed by atoms with Crippen LogP contribution in [0, 0.1) is 6.92 Å². The molecule has 2 heterocycles. The van der Waals surface area contributed by atoms with Gasteiger partial charge in [0.25, 0.3) is 0 Å². The predicted octanol–water partition coefficient (Wildman–Crippen LogP) is 5.19. The molecule has 0 aromatic carbocycles. The molecule has 1 aliphatic rings. The molecule has 0 aliphatic heterocycles. The number of nitrogens with one attached hydrogen (secondary N) is 2. The van der Waals surface area contributed by atoms with E-state index in [1.807, 2.05) is 0 Å². The number of nitrogens with zero attached hydrogens (tertiary/aromatic N) is 1. The van der Waals surface area contributed by atoms with Crippen molar-refractivity contribution >= 4 is 6.21 Å². The average Bonchev–Trinajstić information content (AvgIpc) is 3.16. The first-order chi connectivity index (χ1) is 11.2. The largest absolute Gasteiger partial charge is 0.357 e. The van der Waals surface area contributed by atoms with E-state index in [9.17, 15) is 0 Å². The van der Waals surface area contributed by atoms with Gasteiger partial charge in [0.05, 0.1) is 23.1 Å². The first kappa shape index (κ1) is 16.1. The molecule has 124 valence electrons. The lowest BCUT2D eigenvalue weighted by molar-refractivity contribution is 0.444. The maximum absolute atomic E-state index is 4.88. The molecule has 0 radical (unpaired) electrons. The van der Waals surface area contributed by atoms with Gasteiger partial charge in [-0.15, -0.1) is 0 Å². The summed E-state index contributed by atoms with van der Waals surface area (Å²) >= 11 is 0. The van der Waals surface area contributed by atoms with E-state index >= 15 is 0 Å². The van der Waals surface area contributed by atoms with Crippen molar-refractivity contribution in [2.75, 3.05) is 0 Å². The van der Waals surface area contributed by atoms with Crippen LogP contribution in [0.5, 0.6) is 0 Å². The van der Waals surface area contributed by atoms with Crippen molar-refractivity contribution in [2.24, 2.45) is 4.99 Å². The minimum Gasteiger partial charge on any atom is -0.357 e. The molecule has 1 fully saturated rings. The normalized spacial score (nSPS) is 16.5. The summed E-state index contributed by atoms with van der Waals surface area (Å²) in [5.74, 6) is 0. The van der Waals surface area contributed by atoms with Crippen molar-refractivity contribution < 1.29 is 0 Å². The van der Waals surface area contributed by atoms with E-state index in [0.717, 1.165) is 12.8 Å². The third-order valence-corrected chi connectivity index (χ3v) is 5.05. The van der Waals surface area contributed by atoms with Crippen molar-refractivity contribution in [1.82, 2.24) is 9.97 Å². The smallest absolute Gasteiger partial charge is 0.0659 e. The highest BCUT2D eigenvalue weighted by molar-refractivity contribution is 5.83. The Balaban J connectivity index is 1.93. The number of aromatic amines is 2. The summed E-state index contributed by atoms with van der Waals surface area (Å²) < 4.78 is 0. The number of aliphatic imine (C=N–C) groups is 1. The zero-order valence-corrected chi connectivity index (χ0v) is 14.7. The monoisotopic (exact) mass is 311 g/mol. The predicted molar refractivity (Wildman–Crippen MR) is 98.5 cm³/mol. The number of rotatable bonds is 5. The van der Waals surface area contributed by atoms with E-state index in [1.165, 1.54) is 66.0 Å². The Bertz CT molecular complexity index is 669. The molecule has 0 unspecified atom stereocenters. The summed E-state index contributed by atoms with van der Waals surface area (Å²) in [6, 6.07) is 4.83. The molecule has 1 aliphatic carbocycles. The Labute approximate surface area is 139 Å². The fraction of sp³-hybridized carbons (Fsp3) is 0.550. The zero-order valence-electron chi connectivity index (χ0n) is 14.7. The van der Waals surface area contributed by atoms with Crippen LogP contribution in [-0.4, -0.2) is 22.2 Å². The molecule has 3 rings (SSSR count). The van der Waals surface area contributed by atoms with Crippen molar-refractivity contribution in [2.45, 2.75) is 71.8 Å². The molecule has 0 amide bonds. The molecule has 0 bridgehead atoms. The molecule has 2 aromatic rings. The van der Waals surface area contributed by atoms with Crippen LogP contribution in [0.1, 0.15) is 68.5 Å². The van der Waals surface area contributed by atoms with E-state index in [0.29, 0.717) is 6.04 Å². The Morgan fingerprint density at radius 2 is 1.78 bits per heavy atom. The van der Waals surface area contributed by atoms with Gasteiger partial charge in [-0.3, -0.25) is 4.99 Å². The topological polar surface area (TPSA) is 43.9 Å². The highest BCUT2D eigenvalue weighted by atomic mass is 14.8. The Kier molecular flexibility index (Phi) is 5.04. The second-order valence-corrected chi connectivity index (χ2v) is 6.70. The fourth-order valence-electron chi connectivity index (χ4n) is 3.79. The number of hydrogen-bond acceptors (Lipinski definition) is 1. The summed E-state index contributed by atoms with van der Waals surface area (Å²) in [4.78, 5) is 12.0. The number of aromatic nitrogens is 2. The van der Waals surface area contributed by atoms with Gasteiger partial charge in [-0.2, -0.15) is 0 Å². The molecule has 0 saturated heterocycles. The zero-order chi connectivity index (χ0) is 16.2. The third-order valence-electron chi connectivity index (χ3n) is 5.05. The summed E-state index contributed by atoms with van der Waals surface area (Å²) in [6.07, 6.45) is 10.7. The SMILES string of the molecule is CCc1c(C=NC2CCCCC2)[nH]c(-c2ccc(C)[nH]2)c1CC. The molecule has 23 heavy (non-hydrogen) atoms. The molecule has 3 nitrogen and oxygen atoms in total. The maximum Gasteiger partial charge on any atom is 0.0659 e. The maximum atomic E-state index is 4.88. The third kappa shape index (κ3) is 3.44. The Morgan fingerprint density at radius 1 is 1.04 bits per heavy atom. The van der Waals surface area contributed by atoms with Crippen LogP contribution in [0.3, 0.4) is 0 Å². The molecule has 3 heteroatoms. The van der Waals surface area contributed by atoms with Crippen LogP contribution >= 0.6 is 0 Å². The van der Waals surface area contributed by atoms with Gasteiger partial charge in [0.15, 0.2) is 0 Å². The summed E-state index contributed by atoms with van der Waals surface area (Å²) in [6.45, 7) is 6.58. The first-order valence-corrected chi connectivity index (χ1v) is 9.15. The van der Waals surface area contributed by atoms with E-state index in [2.05, 4.69) is 49.1 Å². The molecular formula is C20H29N3. The van der Waals surface area contributed by atoms with Crippen LogP contribution in [0.25, 0.3) is 11.4 Å². The highest BCUT2D eigenvalue weighted by Crippen LogP contribution is 2.29. The van der Waals surface area contributed by atoms with Gasteiger partial charge in [-0.25, -0.2) is 0 Å². The average molecular weight is 311 g/mol. The number of hydrogen-bond donors (Lipinski definition) is 2. The second-order valence-electron chi connectivity index (χ2n) is 6.70. The van der Waals surface area contributed by atoms with Gasteiger partial charge < -0.3 is 9.97 Å². The minimum absolute atomic E-state index is 0.526. The van der Waals surface area contributed by atoms with Crippen LogP contribution < -0.4 is 0 Å². The van der Waals surface area contributed by atoms with Crippen LogP contribution in [0.2, 0.25) is 0 Å². The van der Waals surface area contributed by atoms with Crippen molar-refractivity contribution in [3.05, 3.63) is 34.6 Å². The van der Waals surface area contributed by atoms with E-state index in [-0.39, 0.29) is 0 Å². The number of H-pyrrole nitrogens is 2. The lowest BCUT2D eigenvalue weighted by atomic mass is 9.96. The van der Waals surface area contributed by atoms with E-state index < -0.39 is 0 Å². The van der Waals surface area contributed by atoms with Gasteiger partial charge in [-0.05, 0) is 55.9 Å². The molecule has 1 saturated carbocycles. The van der Waals surface area contributed by atoms with Crippen LogP contribution in [0.15, 0.2) is 17.1 Å². The Hall–Kier alpha value is -1.77. The summed E-state index contributed by atoms with van der Waals surface area (Å²) in [5.41, 5.74) is 7.69. The van der Waals surface area contributed by atoms with Gasteiger partial charge in [0, 0.05) is 11.9 Å². The van der Waals surface area contributed by atoms with Gasteiger partial charge >= 0.3 is 0 Å². The van der Waals surface area contributed by atoms with Crippen molar-refractivity contribution in [3.63, 3.8) is 0 Å². The molecular weight excluding hydrogens is 282 g/mol. The Morgan fingerprint density at radius 3 is 2.39 bits per heavy atom. The summed E-state index contributed by atoms with van der Waals surface area (Å²) in [7, 11) is 0. The molecule has 0 atom stereocenters. The lowest BCUT2D eigenvalue weighted by Crippen LogP contribution is -2.09. The van der Waals surface area contributed by atoms with Gasteiger partial charge in [-0.1, -0.05) is 33.1 Å². The highest BCUT2D eigenvalue weighted by Gasteiger charge is 2.17. The van der Waals surface area contributed by atoms with E-state index in [1.54, 1.807) is 0 Å². The fourth-order valence-corrected chi connectivity index (χ4v) is 3.79. The van der Waals surface area contributed by atoms with Crippen LogP contribution in [-0.2, 0) is 12.8 Å². The van der Waals surface area contributed by atoms with E-state index in [4.69, 9.17) is 4.99 Å². The van der Waals surface area contributed by atoms with Crippen molar-refractivity contribution in [1.29, 1.82) is 0 Å². The minimum atomic E-state index is 0.526. The molecule has 0 spiro atoms. The first-order valence-electron chi connectivity index (χ1n) is 9.15. The quantitative estimate of drug-likeness (QED) is 0.713. The summed E-state index contributed by atoms with van der Waals surface area (Å²) in [5, 5.41) is 0. The lowest BCUT2D eigenvalue weighted by Gasteiger charge is -2.17. The molecule has 2 N–H and O–H groups in total. The van der Waals surface area contributed by atoms with Gasteiger partial charge in [0.1, 0.15) is 0 Å².